The van der Waals surface area contributed by atoms with Gasteiger partial charge in [-0.05, 0) is 44.2 Å². The fourth-order valence-corrected chi connectivity index (χ4v) is 2.61. The maximum Gasteiger partial charge on any atom is 0.271 e. The number of aryl methyl sites for hydroxylation is 1. The predicted octanol–water partition coefficient (Wildman–Crippen LogP) is 4.75. The minimum atomic E-state index is -0.438. The zero-order valence-corrected chi connectivity index (χ0v) is 18.6. The lowest BCUT2D eigenvalue weighted by Crippen LogP contribution is -2.18. The quantitative estimate of drug-likeness (QED) is 0.584. The van der Waals surface area contributed by atoms with E-state index >= 15 is 0 Å². The molecule has 0 aliphatic carbocycles. The topological polar surface area (TPSA) is 81.1 Å². The molecule has 3 aromatic rings. The van der Waals surface area contributed by atoms with Crippen molar-refractivity contribution in [3.8, 4) is 5.69 Å². The Morgan fingerprint density at radius 1 is 1.06 bits per heavy atom. The molecular weight excluding hydrogens is 451 g/mol. The van der Waals surface area contributed by atoms with E-state index in [0.717, 1.165) is 0 Å². The minimum Gasteiger partial charge on any atom is -0.354 e. The normalized spacial score (nSPS) is 9.13. The second kappa shape index (κ2) is 14.0. The Morgan fingerprint density at radius 3 is 2.16 bits per heavy atom. The summed E-state index contributed by atoms with van der Waals surface area (Å²) >= 11 is 11.4. The highest BCUT2D eigenvalue weighted by atomic mass is 35.5. The van der Waals surface area contributed by atoms with Crippen molar-refractivity contribution in [1.82, 2.24) is 14.9 Å². The molecule has 1 heterocycles. The van der Waals surface area contributed by atoms with Crippen molar-refractivity contribution in [2.75, 3.05) is 7.05 Å². The van der Waals surface area contributed by atoms with Crippen molar-refractivity contribution in [1.29, 1.82) is 0 Å². The van der Waals surface area contributed by atoms with E-state index in [1.165, 1.54) is 25.2 Å². The molecule has 0 fully saturated rings. The van der Waals surface area contributed by atoms with Gasteiger partial charge in [0.15, 0.2) is 0 Å². The summed E-state index contributed by atoms with van der Waals surface area (Å²) in [6.45, 7) is 7.38. The molecule has 0 saturated heterocycles. The number of nitrogens with one attached hydrogen (secondary N) is 1. The fourth-order valence-electron chi connectivity index (χ4n) is 2.23. The number of carbonyl (C=O) groups excluding carboxylic acids is 3. The first kappa shape index (κ1) is 27.9. The van der Waals surface area contributed by atoms with Gasteiger partial charge in [0.25, 0.3) is 5.91 Å². The van der Waals surface area contributed by atoms with Crippen LogP contribution in [0, 0.1) is 25.5 Å². The van der Waals surface area contributed by atoms with Crippen molar-refractivity contribution in [2.24, 2.45) is 0 Å². The second-order valence-corrected chi connectivity index (χ2v) is 6.44. The van der Waals surface area contributed by atoms with Gasteiger partial charge in [-0.25, -0.2) is 13.8 Å². The molecule has 1 amide bonds. The minimum absolute atomic E-state index is 0.248. The van der Waals surface area contributed by atoms with Gasteiger partial charge in [0.05, 0.1) is 5.69 Å². The van der Waals surface area contributed by atoms with Gasteiger partial charge in [-0.1, -0.05) is 29.3 Å². The monoisotopic (exact) mass is 471 g/mol. The van der Waals surface area contributed by atoms with Gasteiger partial charge < -0.3 is 19.5 Å². The molecule has 0 unspecified atom stereocenters. The average molecular weight is 472 g/mol. The van der Waals surface area contributed by atoms with Crippen molar-refractivity contribution < 1.29 is 23.2 Å². The zero-order chi connectivity index (χ0) is 24.1. The Balaban J connectivity index is 0.000000582. The van der Waals surface area contributed by atoms with Gasteiger partial charge in [-0.15, -0.1) is 0 Å². The number of halogens is 4. The molecule has 0 aliphatic heterocycles. The largest absolute Gasteiger partial charge is 0.354 e. The number of amides is 1. The Hall–Kier alpha value is -3.10. The Kier molecular flexibility index (Phi) is 12.6. The average Bonchev–Trinajstić information content (AvgIpc) is 3.16. The van der Waals surface area contributed by atoms with E-state index in [0.29, 0.717) is 27.1 Å². The summed E-state index contributed by atoms with van der Waals surface area (Å²) < 4.78 is 27.4. The first-order valence-corrected chi connectivity index (χ1v) is 9.21. The lowest BCUT2D eigenvalue weighted by molar-refractivity contribution is -0.0987. The zero-order valence-electron chi connectivity index (χ0n) is 17.1. The summed E-state index contributed by atoms with van der Waals surface area (Å²) in [6, 6.07) is 8.80. The van der Waals surface area contributed by atoms with E-state index in [9.17, 15) is 13.6 Å². The number of hydrogen-bond acceptors (Lipinski definition) is 4. The number of nitrogens with zero attached hydrogens (tertiary/aromatic N) is 2. The third-order valence-electron chi connectivity index (χ3n) is 3.67. The van der Waals surface area contributed by atoms with Crippen LogP contribution in [0.2, 0.25) is 10.0 Å². The summed E-state index contributed by atoms with van der Waals surface area (Å²) in [5.41, 5.74) is 1.31. The maximum atomic E-state index is 13.3. The lowest BCUT2D eigenvalue weighted by atomic mass is 10.2. The van der Waals surface area contributed by atoms with E-state index in [1.54, 1.807) is 42.8 Å². The summed E-state index contributed by atoms with van der Waals surface area (Å²) in [5.74, 6) is -0.399. The van der Waals surface area contributed by atoms with E-state index in [-0.39, 0.29) is 17.4 Å². The van der Waals surface area contributed by atoms with Crippen LogP contribution in [-0.2, 0) is 9.59 Å². The van der Waals surface area contributed by atoms with E-state index < -0.39 is 5.82 Å². The van der Waals surface area contributed by atoms with E-state index in [2.05, 4.69) is 10.3 Å². The first-order chi connectivity index (χ1) is 14.7. The molecule has 0 spiro atoms. The standard InChI is InChI=1S/C12H11ClFN3O.C7H6ClF.2CH2O/c1-7-16-11(12(18)15-2)6-17(7)10-4-8(13)3-9(14)5-10;1-5-6(8)3-2-4-7(5)9;2*1-2/h3-6H,1-2H3,(H,15,18);2-4H,1H3;2*1H2. The van der Waals surface area contributed by atoms with Crippen LogP contribution in [0.15, 0.2) is 42.6 Å². The van der Waals surface area contributed by atoms with Crippen molar-refractivity contribution in [3.63, 3.8) is 0 Å². The van der Waals surface area contributed by atoms with Gasteiger partial charge in [-0.3, -0.25) is 4.79 Å². The van der Waals surface area contributed by atoms with Gasteiger partial charge >= 0.3 is 0 Å². The smallest absolute Gasteiger partial charge is 0.271 e. The highest BCUT2D eigenvalue weighted by Crippen LogP contribution is 2.19. The fraction of sp³-hybridized carbons (Fsp3) is 0.143. The van der Waals surface area contributed by atoms with Crippen LogP contribution < -0.4 is 5.32 Å². The molecule has 0 radical (unpaired) electrons. The molecule has 0 aliphatic rings. The number of aromatic nitrogens is 2. The van der Waals surface area contributed by atoms with E-state index in [4.69, 9.17) is 32.8 Å². The van der Waals surface area contributed by atoms with Crippen LogP contribution in [0.1, 0.15) is 21.9 Å². The number of carbonyl (C=O) groups is 3. The summed E-state index contributed by atoms with van der Waals surface area (Å²) in [5, 5.41) is 3.25. The molecule has 31 heavy (non-hydrogen) atoms. The number of rotatable bonds is 2. The third-order valence-corrected chi connectivity index (χ3v) is 4.30. The number of benzene rings is 2. The Morgan fingerprint density at radius 2 is 1.68 bits per heavy atom. The van der Waals surface area contributed by atoms with Crippen LogP contribution in [0.3, 0.4) is 0 Å². The molecule has 0 atom stereocenters. The molecule has 0 bridgehead atoms. The summed E-state index contributed by atoms with van der Waals surface area (Å²) in [6.07, 6.45) is 1.54. The van der Waals surface area contributed by atoms with Gasteiger partial charge in [0, 0.05) is 28.9 Å². The SMILES string of the molecule is C=O.C=O.CNC(=O)c1cn(-c2cc(F)cc(Cl)c2)c(C)n1.Cc1c(F)cccc1Cl. The highest BCUT2D eigenvalue weighted by molar-refractivity contribution is 6.31. The molecule has 6 nitrogen and oxygen atoms in total. The maximum absolute atomic E-state index is 13.3. The van der Waals surface area contributed by atoms with Crippen molar-refractivity contribution in [3.05, 3.63) is 81.4 Å². The summed E-state index contributed by atoms with van der Waals surface area (Å²) in [7, 11) is 1.52. The van der Waals surface area contributed by atoms with Crippen LogP contribution in [-0.4, -0.2) is 36.1 Å². The van der Waals surface area contributed by atoms with Crippen LogP contribution in [0.5, 0.6) is 0 Å². The van der Waals surface area contributed by atoms with Gasteiger partial charge in [-0.2, -0.15) is 0 Å². The van der Waals surface area contributed by atoms with Crippen molar-refractivity contribution >= 4 is 42.7 Å². The molecule has 166 valence electrons. The van der Waals surface area contributed by atoms with Crippen LogP contribution in [0.25, 0.3) is 5.69 Å². The van der Waals surface area contributed by atoms with Gasteiger partial charge in [0.2, 0.25) is 0 Å². The molecular formula is C21H21Cl2F2N3O3. The lowest BCUT2D eigenvalue weighted by Gasteiger charge is -2.05. The van der Waals surface area contributed by atoms with Crippen LogP contribution in [0.4, 0.5) is 8.78 Å². The first-order valence-electron chi connectivity index (χ1n) is 8.45. The molecule has 1 aromatic heterocycles. The van der Waals surface area contributed by atoms with Crippen molar-refractivity contribution in [2.45, 2.75) is 13.8 Å². The molecule has 3 rings (SSSR count). The third kappa shape index (κ3) is 8.27. The Bertz CT molecular complexity index is 971. The van der Waals surface area contributed by atoms with E-state index in [1.807, 2.05) is 13.6 Å². The molecule has 2 aromatic carbocycles. The number of imidazole rings is 1. The van der Waals surface area contributed by atoms with Crippen LogP contribution >= 0.6 is 23.2 Å². The Labute approximate surface area is 188 Å². The molecule has 1 N–H and O–H groups in total. The summed E-state index contributed by atoms with van der Waals surface area (Å²) in [4.78, 5) is 31.6. The predicted molar refractivity (Wildman–Crippen MR) is 117 cm³/mol. The molecule has 0 saturated carbocycles. The highest BCUT2D eigenvalue weighted by Gasteiger charge is 2.12. The number of hydrogen-bond donors (Lipinski definition) is 1. The van der Waals surface area contributed by atoms with Gasteiger partial charge in [0.1, 0.15) is 36.7 Å². The second-order valence-electron chi connectivity index (χ2n) is 5.60. The molecule has 10 heteroatoms.